The molecular formula is C20H23FN2. The van der Waals surface area contributed by atoms with Gasteiger partial charge in [-0.15, -0.1) is 0 Å². The van der Waals surface area contributed by atoms with Crippen LogP contribution in [0.5, 0.6) is 0 Å². The Morgan fingerprint density at radius 2 is 1.70 bits per heavy atom. The summed E-state index contributed by atoms with van der Waals surface area (Å²) in [6.07, 6.45) is 4.07. The molecule has 120 valence electrons. The maximum absolute atomic E-state index is 13.4. The summed E-state index contributed by atoms with van der Waals surface area (Å²) in [5.41, 5.74) is 10.3. The Kier molecular flexibility index (Phi) is 3.88. The Bertz CT molecular complexity index is 827. The molecule has 0 aliphatic heterocycles. The highest BCUT2D eigenvalue weighted by Gasteiger charge is 2.33. The van der Waals surface area contributed by atoms with E-state index in [0.717, 1.165) is 29.6 Å². The van der Waals surface area contributed by atoms with Gasteiger partial charge in [-0.05, 0) is 42.2 Å². The van der Waals surface area contributed by atoms with Gasteiger partial charge in [0.2, 0.25) is 0 Å². The number of benzene rings is 2. The number of nitrogen functional groups attached to an aromatic ring is 1. The summed E-state index contributed by atoms with van der Waals surface area (Å²) in [6, 6.07) is 13.0. The smallest absolute Gasteiger partial charge is 0.123 e. The normalized spacial score (nSPS) is 12.0. The van der Waals surface area contributed by atoms with Gasteiger partial charge in [-0.3, -0.25) is 0 Å². The molecule has 0 saturated carbocycles. The first-order valence-corrected chi connectivity index (χ1v) is 8.13. The van der Waals surface area contributed by atoms with Crippen LogP contribution in [0.2, 0.25) is 0 Å². The van der Waals surface area contributed by atoms with E-state index in [1.165, 1.54) is 10.9 Å². The molecule has 2 nitrogen and oxygen atoms in total. The van der Waals surface area contributed by atoms with Crippen LogP contribution in [0.15, 0.2) is 48.7 Å². The van der Waals surface area contributed by atoms with E-state index in [9.17, 15) is 4.39 Å². The first-order valence-electron chi connectivity index (χ1n) is 8.13. The highest BCUT2D eigenvalue weighted by molar-refractivity contribution is 5.94. The van der Waals surface area contributed by atoms with E-state index in [-0.39, 0.29) is 11.2 Å². The van der Waals surface area contributed by atoms with Crippen molar-refractivity contribution in [2.24, 2.45) is 7.05 Å². The third kappa shape index (κ3) is 2.31. The van der Waals surface area contributed by atoms with Gasteiger partial charge in [0.1, 0.15) is 5.82 Å². The lowest BCUT2D eigenvalue weighted by Gasteiger charge is -2.32. The number of nitrogens with zero attached hydrogens (tertiary/aromatic N) is 1. The monoisotopic (exact) mass is 310 g/mol. The van der Waals surface area contributed by atoms with Crippen LogP contribution >= 0.6 is 0 Å². The predicted octanol–water partition coefficient (Wildman–Crippen LogP) is 5.01. The first kappa shape index (κ1) is 15.6. The molecule has 0 bridgehead atoms. The third-order valence-electron chi connectivity index (χ3n) is 5.15. The van der Waals surface area contributed by atoms with E-state index in [4.69, 9.17) is 5.73 Å². The maximum atomic E-state index is 13.4. The molecule has 0 radical (unpaired) electrons. The van der Waals surface area contributed by atoms with E-state index >= 15 is 0 Å². The molecule has 0 saturated heterocycles. The minimum absolute atomic E-state index is 0.138. The Balaban J connectivity index is 2.31. The van der Waals surface area contributed by atoms with Crippen LogP contribution in [0.3, 0.4) is 0 Å². The fourth-order valence-electron chi connectivity index (χ4n) is 3.85. The minimum atomic E-state index is -0.197. The van der Waals surface area contributed by atoms with Gasteiger partial charge in [-0.1, -0.05) is 38.1 Å². The number of aromatic nitrogens is 1. The van der Waals surface area contributed by atoms with Crippen LogP contribution in [0.4, 0.5) is 10.1 Å². The highest BCUT2D eigenvalue weighted by atomic mass is 19.1. The molecule has 0 atom stereocenters. The number of aryl methyl sites for hydroxylation is 1. The number of nitrogens with two attached hydrogens (primary N) is 1. The van der Waals surface area contributed by atoms with Crippen molar-refractivity contribution in [2.75, 3.05) is 5.73 Å². The van der Waals surface area contributed by atoms with Crippen LogP contribution in [0, 0.1) is 5.82 Å². The summed E-state index contributed by atoms with van der Waals surface area (Å²) in [7, 11) is 2.03. The minimum Gasteiger partial charge on any atom is -0.397 e. The van der Waals surface area contributed by atoms with Gasteiger partial charge in [-0.25, -0.2) is 4.39 Å². The van der Waals surface area contributed by atoms with Gasteiger partial charge >= 0.3 is 0 Å². The number of anilines is 1. The molecule has 1 heterocycles. The fraction of sp³-hybridized carbons (Fsp3) is 0.300. The zero-order valence-electron chi connectivity index (χ0n) is 13.9. The fourth-order valence-corrected chi connectivity index (χ4v) is 3.85. The van der Waals surface area contributed by atoms with Crippen LogP contribution < -0.4 is 5.73 Å². The van der Waals surface area contributed by atoms with Crippen molar-refractivity contribution in [1.82, 2.24) is 4.57 Å². The van der Waals surface area contributed by atoms with Gasteiger partial charge in [0.25, 0.3) is 0 Å². The van der Waals surface area contributed by atoms with E-state index < -0.39 is 0 Å². The molecule has 1 aromatic heterocycles. The van der Waals surface area contributed by atoms with Crippen LogP contribution in [0.1, 0.15) is 37.8 Å². The summed E-state index contributed by atoms with van der Waals surface area (Å²) in [6.45, 7) is 4.38. The van der Waals surface area contributed by atoms with Gasteiger partial charge in [-0.2, -0.15) is 0 Å². The summed E-state index contributed by atoms with van der Waals surface area (Å²) in [5, 5.41) is 1.18. The van der Waals surface area contributed by atoms with Gasteiger partial charge in [0, 0.05) is 24.0 Å². The average Bonchev–Trinajstić information content (AvgIpc) is 2.90. The molecule has 2 aromatic carbocycles. The molecule has 3 aromatic rings. The molecule has 3 heteroatoms. The van der Waals surface area contributed by atoms with Crippen molar-refractivity contribution in [3.63, 3.8) is 0 Å². The highest BCUT2D eigenvalue weighted by Crippen LogP contribution is 2.43. The molecule has 23 heavy (non-hydrogen) atoms. The molecule has 3 rings (SSSR count). The lowest BCUT2D eigenvalue weighted by Crippen LogP contribution is -2.25. The van der Waals surface area contributed by atoms with Crippen molar-refractivity contribution < 1.29 is 4.39 Å². The Morgan fingerprint density at radius 3 is 2.30 bits per heavy atom. The molecule has 0 spiro atoms. The SMILES string of the molecule is CCC(CC)(c1ccc(F)cc1)c1cn(C)c2c(N)cccc12. The Morgan fingerprint density at radius 1 is 1.04 bits per heavy atom. The number of hydrogen-bond donors (Lipinski definition) is 1. The van der Waals surface area contributed by atoms with Crippen LogP contribution in [0.25, 0.3) is 10.9 Å². The van der Waals surface area contributed by atoms with Gasteiger partial charge in [0.15, 0.2) is 0 Å². The van der Waals surface area contributed by atoms with Crippen LogP contribution in [-0.4, -0.2) is 4.57 Å². The maximum Gasteiger partial charge on any atom is 0.123 e. The lowest BCUT2D eigenvalue weighted by molar-refractivity contribution is 0.479. The van der Waals surface area contributed by atoms with E-state index in [2.05, 4.69) is 30.7 Å². The molecular weight excluding hydrogens is 287 g/mol. The lowest BCUT2D eigenvalue weighted by atomic mass is 9.70. The summed E-state index contributed by atoms with van der Waals surface area (Å²) < 4.78 is 15.5. The van der Waals surface area contributed by atoms with E-state index in [1.54, 1.807) is 12.1 Å². The zero-order valence-corrected chi connectivity index (χ0v) is 13.9. The van der Waals surface area contributed by atoms with Crippen LogP contribution in [-0.2, 0) is 12.5 Å². The molecule has 0 aliphatic carbocycles. The Labute approximate surface area is 136 Å². The number of rotatable bonds is 4. The number of hydrogen-bond acceptors (Lipinski definition) is 1. The second-order valence-corrected chi connectivity index (χ2v) is 6.19. The van der Waals surface area contributed by atoms with Crippen molar-refractivity contribution in [2.45, 2.75) is 32.1 Å². The molecule has 0 fully saturated rings. The average molecular weight is 310 g/mol. The summed E-state index contributed by atoms with van der Waals surface area (Å²) >= 11 is 0. The zero-order chi connectivity index (χ0) is 16.6. The standard InChI is InChI=1S/C20H23FN2/c1-4-20(5-2,14-9-11-15(21)12-10-14)17-13-23(3)19-16(17)7-6-8-18(19)22/h6-13H,4-5,22H2,1-3H3. The topological polar surface area (TPSA) is 30.9 Å². The Hall–Kier alpha value is -2.29. The largest absolute Gasteiger partial charge is 0.397 e. The molecule has 0 amide bonds. The van der Waals surface area contributed by atoms with Gasteiger partial charge < -0.3 is 10.3 Å². The second-order valence-electron chi connectivity index (χ2n) is 6.19. The molecule has 2 N–H and O–H groups in total. The van der Waals surface area contributed by atoms with Crippen molar-refractivity contribution >= 4 is 16.6 Å². The van der Waals surface area contributed by atoms with Crippen molar-refractivity contribution in [3.05, 3.63) is 65.6 Å². The first-order chi connectivity index (χ1) is 11.0. The summed E-state index contributed by atoms with van der Waals surface area (Å²) in [4.78, 5) is 0. The van der Waals surface area contributed by atoms with Crippen molar-refractivity contribution in [3.8, 4) is 0 Å². The second kappa shape index (κ2) is 5.73. The number of para-hydroxylation sites is 1. The van der Waals surface area contributed by atoms with E-state index in [0.29, 0.717) is 0 Å². The summed E-state index contributed by atoms with van der Waals surface area (Å²) in [5.74, 6) is -0.197. The van der Waals surface area contributed by atoms with Crippen molar-refractivity contribution in [1.29, 1.82) is 0 Å². The molecule has 0 unspecified atom stereocenters. The number of halogens is 1. The molecule has 0 aliphatic rings. The van der Waals surface area contributed by atoms with E-state index in [1.807, 2.05) is 31.3 Å². The quantitative estimate of drug-likeness (QED) is 0.675. The number of fused-ring (bicyclic) bond motifs is 1. The van der Waals surface area contributed by atoms with Gasteiger partial charge in [0.05, 0.1) is 11.2 Å². The third-order valence-corrected chi connectivity index (χ3v) is 5.15. The predicted molar refractivity (Wildman–Crippen MR) is 95.1 cm³/mol.